The zero-order valence-electron chi connectivity index (χ0n) is 6.27. The van der Waals surface area contributed by atoms with E-state index in [1.54, 1.807) is 0 Å². The van der Waals surface area contributed by atoms with Gasteiger partial charge in [0.1, 0.15) is 0 Å². The summed E-state index contributed by atoms with van der Waals surface area (Å²) in [5, 5.41) is 2.49. The van der Waals surface area contributed by atoms with Gasteiger partial charge in [-0.1, -0.05) is 15.9 Å². The Morgan fingerprint density at radius 2 is 1.69 bits per heavy atom. The van der Waals surface area contributed by atoms with E-state index in [0.717, 1.165) is 13.4 Å². The number of hydrogen-bond donors (Lipinski definition) is 2. The third-order valence-electron chi connectivity index (χ3n) is 1.26. The lowest BCUT2D eigenvalue weighted by molar-refractivity contribution is 0.259. The lowest BCUT2D eigenvalue weighted by Crippen LogP contribution is -2.19. The number of halogens is 3. The summed E-state index contributed by atoms with van der Waals surface area (Å²) >= 11 is 9.90. The summed E-state index contributed by atoms with van der Waals surface area (Å²) in [7, 11) is 0. The van der Waals surface area contributed by atoms with Crippen LogP contribution in [-0.2, 0) is 0 Å². The lowest BCUT2D eigenvalue weighted by Gasteiger charge is -2.07. The zero-order valence-corrected chi connectivity index (χ0v) is 11.0. The third kappa shape index (κ3) is 2.96. The standard InChI is InChI=1S/C7H5Br3N2O/c8-3-1-4(9)6(5(10)2-3)12-7(11)13/h1-2H,(H3,11,12,13). The first-order valence-electron chi connectivity index (χ1n) is 3.21. The fraction of sp³-hybridized carbons (Fsp3) is 0. The summed E-state index contributed by atoms with van der Waals surface area (Å²) in [5.74, 6) is 0. The van der Waals surface area contributed by atoms with Crippen molar-refractivity contribution >= 4 is 59.5 Å². The second-order valence-electron chi connectivity index (χ2n) is 2.23. The molecule has 0 atom stereocenters. The van der Waals surface area contributed by atoms with Crippen molar-refractivity contribution < 1.29 is 4.79 Å². The van der Waals surface area contributed by atoms with Gasteiger partial charge < -0.3 is 11.1 Å². The molecular formula is C7H5Br3N2O. The van der Waals surface area contributed by atoms with Crippen LogP contribution in [-0.4, -0.2) is 6.03 Å². The van der Waals surface area contributed by atoms with Crippen LogP contribution in [0.25, 0.3) is 0 Å². The maximum Gasteiger partial charge on any atom is 0.316 e. The van der Waals surface area contributed by atoms with Gasteiger partial charge in [-0.2, -0.15) is 0 Å². The van der Waals surface area contributed by atoms with Gasteiger partial charge in [0.15, 0.2) is 0 Å². The predicted octanol–water partition coefficient (Wildman–Crippen LogP) is 3.46. The first-order valence-corrected chi connectivity index (χ1v) is 5.59. The van der Waals surface area contributed by atoms with Crippen molar-refractivity contribution in [2.75, 3.05) is 5.32 Å². The minimum atomic E-state index is -0.594. The van der Waals surface area contributed by atoms with Gasteiger partial charge in [0.25, 0.3) is 0 Å². The number of hydrogen-bond acceptors (Lipinski definition) is 1. The van der Waals surface area contributed by atoms with Gasteiger partial charge in [-0.25, -0.2) is 4.79 Å². The van der Waals surface area contributed by atoms with E-state index in [-0.39, 0.29) is 0 Å². The van der Waals surface area contributed by atoms with E-state index in [2.05, 4.69) is 53.1 Å². The Labute approximate surface area is 100 Å². The van der Waals surface area contributed by atoms with Crippen LogP contribution in [0.2, 0.25) is 0 Å². The molecule has 2 amide bonds. The van der Waals surface area contributed by atoms with Gasteiger partial charge in [-0.3, -0.25) is 0 Å². The minimum Gasteiger partial charge on any atom is -0.351 e. The maximum atomic E-state index is 10.6. The number of amides is 2. The fourth-order valence-electron chi connectivity index (χ4n) is 0.785. The highest BCUT2D eigenvalue weighted by molar-refractivity contribution is 9.11. The summed E-state index contributed by atoms with van der Waals surface area (Å²) in [6.07, 6.45) is 0. The molecule has 3 N–H and O–H groups in total. The molecule has 0 aliphatic carbocycles. The van der Waals surface area contributed by atoms with Crippen molar-refractivity contribution in [1.82, 2.24) is 0 Å². The largest absolute Gasteiger partial charge is 0.351 e. The van der Waals surface area contributed by atoms with E-state index < -0.39 is 6.03 Å². The number of benzene rings is 1. The van der Waals surface area contributed by atoms with Crippen LogP contribution in [0.4, 0.5) is 10.5 Å². The topological polar surface area (TPSA) is 55.1 Å². The fourth-order valence-corrected chi connectivity index (χ4v) is 3.24. The Morgan fingerprint density at radius 1 is 1.23 bits per heavy atom. The molecule has 1 rings (SSSR count). The van der Waals surface area contributed by atoms with Gasteiger partial charge in [-0.05, 0) is 44.0 Å². The molecule has 0 spiro atoms. The molecule has 0 aliphatic rings. The second kappa shape index (κ2) is 4.43. The van der Waals surface area contributed by atoms with E-state index >= 15 is 0 Å². The number of primary amides is 1. The van der Waals surface area contributed by atoms with Crippen molar-refractivity contribution in [1.29, 1.82) is 0 Å². The van der Waals surface area contributed by atoms with Crippen molar-refractivity contribution in [3.8, 4) is 0 Å². The monoisotopic (exact) mass is 370 g/mol. The Bertz CT molecular complexity index is 331. The predicted molar refractivity (Wildman–Crippen MR) is 62.7 cm³/mol. The quantitative estimate of drug-likeness (QED) is 0.779. The molecule has 0 radical (unpaired) electrons. The highest BCUT2D eigenvalue weighted by atomic mass is 79.9. The van der Waals surface area contributed by atoms with E-state index in [1.807, 2.05) is 12.1 Å². The first kappa shape index (κ1) is 11.0. The molecule has 1 aromatic rings. The Morgan fingerprint density at radius 3 is 2.08 bits per heavy atom. The molecule has 0 saturated carbocycles. The molecule has 0 aromatic heterocycles. The summed E-state index contributed by atoms with van der Waals surface area (Å²) in [4.78, 5) is 10.6. The highest BCUT2D eigenvalue weighted by Gasteiger charge is 2.07. The first-order chi connectivity index (χ1) is 6.00. The van der Waals surface area contributed by atoms with Crippen molar-refractivity contribution in [3.05, 3.63) is 25.6 Å². The number of nitrogens with one attached hydrogen (secondary N) is 1. The highest BCUT2D eigenvalue weighted by Crippen LogP contribution is 2.34. The van der Waals surface area contributed by atoms with E-state index in [4.69, 9.17) is 5.73 Å². The number of carbonyl (C=O) groups is 1. The molecule has 13 heavy (non-hydrogen) atoms. The molecule has 0 heterocycles. The summed E-state index contributed by atoms with van der Waals surface area (Å²) < 4.78 is 2.42. The van der Waals surface area contributed by atoms with Crippen LogP contribution in [0.3, 0.4) is 0 Å². The van der Waals surface area contributed by atoms with E-state index in [0.29, 0.717) is 5.69 Å². The van der Waals surface area contributed by atoms with Gasteiger partial charge in [-0.15, -0.1) is 0 Å². The summed E-state index contributed by atoms with van der Waals surface area (Å²) in [6.45, 7) is 0. The van der Waals surface area contributed by atoms with E-state index in [1.165, 1.54) is 0 Å². The average Bonchev–Trinajstić information content (AvgIpc) is 1.96. The number of anilines is 1. The normalized spacial score (nSPS) is 9.77. The molecule has 0 aliphatic heterocycles. The minimum absolute atomic E-state index is 0.594. The van der Waals surface area contributed by atoms with Gasteiger partial charge >= 0.3 is 6.03 Å². The summed E-state index contributed by atoms with van der Waals surface area (Å²) in [5.41, 5.74) is 5.62. The number of rotatable bonds is 1. The third-order valence-corrected chi connectivity index (χ3v) is 2.96. The van der Waals surface area contributed by atoms with Crippen LogP contribution < -0.4 is 11.1 Å². The molecular weight excluding hydrogens is 368 g/mol. The molecule has 0 fully saturated rings. The SMILES string of the molecule is NC(=O)Nc1c(Br)cc(Br)cc1Br. The molecule has 70 valence electrons. The average molecular weight is 373 g/mol. The van der Waals surface area contributed by atoms with Crippen LogP contribution in [0.1, 0.15) is 0 Å². The van der Waals surface area contributed by atoms with Crippen LogP contribution >= 0.6 is 47.8 Å². The summed E-state index contributed by atoms with van der Waals surface area (Å²) in [6, 6.07) is 3.04. The Kier molecular flexibility index (Phi) is 3.75. The van der Waals surface area contributed by atoms with E-state index in [9.17, 15) is 4.79 Å². The van der Waals surface area contributed by atoms with Crippen LogP contribution in [0.15, 0.2) is 25.6 Å². The number of nitrogens with two attached hydrogens (primary N) is 1. The van der Waals surface area contributed by atoms with Crippen molar-refractivity contribution in [2.45, 2.75) is 0 Å². The molecule has 0 unspecified atom stereocenters. The second-order valence-corrected chi connectivity index (χ2v) is 4.86. The maximum absolute atomic E-state index is 10.6. The Hall–Kier alpha value is -0.0700. The van der Waals surface area contributed by atoms with Crippen molar-refractivity contribution in [3.63, 3.8) is 0 Å². The molecule has 6 heteroatoms. The van der Waals surface area contributed by atoms with Crippen molar-refractivity contribution in [2.24, 2.45) is 5.73 Å². The van der Waals surface area contributed by atoms with Gasteiger partial charge in [0, 0.05) is 13.4 Å². The molecule has 1 aromatic carbocycles. The van der Waals surface area contributed by atoms with Crippen LogP contribution in [0.5, 0.6) is 0 Å². The van der Waals surface area contributed by atoms with Gasteiger partial charge in [0.05, 0.1) is 5.69 Å². The molecule has 3 nitrogen and oxygen atoms in total. The van der Waals surface area contributed by atoms with Gasteiger partial charge in [0.2, 0.25) is 0 Å². The smallest absolute Gasteiger partial charge is 0.316 e. The zero-order chi connectivity index (χ0) is 10.0. The van der Waals surface area contributed by atoms with Crippen LogP contribution in [0, 0.1) is 0 Å². The number of carbonyl (C=O) groups excluding carboxylic acids is 1. The Balaban J connectivity index is 3.13. The molecule has 0 saturated heterocycles. The number of urea groups is 1. The lowest BCUT2D eigenvalue weighted by atomic mass is 10.3. The molecule has 0 bridgehead atoms.